The number of furan rings is 1. The highest BCUT2D eigenvalue weighted by Gasteiger charge is 2.24. The van der Waals surface area contributed by atoms with Crippen molar-refractivity contribution in [1.29, 1.82) is 0 Å². The molecule has 2 N–H and O–H groups in total. The number of ether oxygens (including phenoxy) is 3. The van der Waals surface area contributed by atoms with E-state index in [0.29, 0.717) is 33.8 Å². The van der Waals surface area contributed by atoms with E-state index in [4.69, 9.17) is 23.8 Å². The van der Waals surface area contributed by atoms with Crippen LogP contribution in [0.15, 0.2) is 71.1 Å². The zero-order valence-corrected chi connectivity index (χ0v) is 18.2. The summed E-state index contributed by atoms with van der Waals surface area (Å²) in [5.41, 5.74) is 2.60. The largest absolute Gasteiger partial charge is 0.595 e. The number of quaternary nitrogens is 1. The molecular formula is C25H23NO7. The van der Waals surface area contributed by atoms with Gasteiger partial charge in [-0.1, -0.05) is 0 Å². The van der Waals surface area contributed by atoms with E-state index < -0.39 is 11.2 Å². The SMILES string of the molecule is CCOC(=O)c1c(-c2ccc(OC)cc2)oc2ccc(OCc3ccc([NH+]([O-])O)cc3)cc12. The van der Waals surface area contributed by atoms with Crippen molar-refractivity contribution in [3.05, 3.63) is 83.1 Å². The summed E-state index contributed by atoms with van der Waals surface area (Å²) in [6.45, 7) is 2.22. The molecule has 0 saturated carbocycles. The molecule has 0 fully saturated rings. The van der Waals surface area contributed by atoms with Crippen LogP contribution in [0.1, 0.15) is 22.8 Å². The van der Waals surface area contributed by atoms with E-state index in [9.17, 15) is 10.0 Å². The van der Waals surface area contributed by atoms with E-state index in [0.717, 1.165) is 11.1 Å². The first-order chi connectivity index (χ1) is 16.0. The van der Waals surface area contributed by atoms with Crippen LogP contribution in [0, 0.1) is 5.21 Å². The molecule has 170 valence electrons. The summed E-state index contributed by atoms with van der Waals surface area (Å²) >= 11 is 0. The van der Waals surface area contributed by atoms with Crippen molar-refractivity contribution >= 4 is 22.6 Å². The predicted molar refractivity (Wildman–Crippen MR) is 121 cm³/mol. The maximum atomic E-state index is 12.8. The second kappa shape index (κ2) is 9.74. The van der Waals surface area contributed by atoms with Crippen LogP contribution in [-0.2, 0) is 11.3 Å². The van der Waals surface area contributed by atoms with Gasteiger partial charge in [0, 0.05) is 23.1 Å². The van der Waals surface area contributed by atoms with Crippen LogP contribution < -0.4 is 14.7 Å². The lowest BCUT2D eigenvalue weighted by molar-refractivity contribution is -0.991. The van der Waals surface area contributed by atoms with Crippen LogP contribution in [0.25, 0.3) is 22.3 Å². The molecule has 0 radical (unpaired) electrons. The molecule has 0 bridgehead atoms. The van der Waals surface area contributed by atoms with E-state index in [2.05, 4.69) is 0 Å². The molecule has 1 aromatic heterocycles. The molecule has 8 heteroatoms. The number of benzene rings is 3. The molecule has 0 amide bonds. The first-order valence-corrected chi connectivity index (χ1v) is 10.3. The molecule has 1 heterocycles. The van der Waals surface area contributed by atoms with Crippen molar-refractivity contribution in [2.24, 2.45) is 0 Å². The lowest BCUT2D eigenvalue weighted by atomic mass is 10.1. The smallest absolute Gasteiger partial charge is 0.342 e. The van der Waals surface area contributed by atoms with E-state index >= 15 is 0 Å². The molecule has 1 unspecified atom stereocenters. The maximum absolute atomic E-state index is 12.8. The van der Waals surface area contributed by atoms with Crippen molar-refractivity contribution < 1.29 is 33.9 Å². The monoisotopic (exact) mass is 449 g/mol. The van der Waals surface area contributed by atoms with Gasteiger partial charge in [0.25, 0.3) is 0 Å². The highest BCUT2D eigenvalue weighted by Crippen LogP contribution is 2.36. The van der Waals surface area contributed by atoms with Gasteiger partial charge in [0.2, 0.25) is 0 Å². The van der Waals surface area contributed by atoms with Gasteiger partial charge in [-0.25, -0.2) is 10.0 Å². The van der Waals surface area contributed by atoms with Crippen LogP contribution in [0.3, 0.4) is 0 Å². The van der Waals surface area contributed by atoms with Gasteiger partial charge >= 0.3 is 5.97 Å². The molecule has 33 heavy (non-hydrogen) atoms. The van der Waals surface area contributed by atoms with Gasteiger partial charge < -0.3 is 23.8 Å². The lowest BCUT2D eigenvalue weighted by Crippen LogP contribution is -2.99. The Hall–Kier alpha value is -3.85. The molecule has 0 aliphatic carbocycles. The van der Waals surface area contributed by atoms with E-state index in [1.165, 1.54) is 12.1 Å². The summed E-state index contributed by atoms with van der Waals surface area (Å²) in [6, 6.07) is 18.9. The van der Waals surface area contributed by atoms with Crippen molar-refractivity contribution in [2.45, 2.75) is 13.5 Å². The minimum Gasteiger partial charge on any atom is -0.595 e. The minimum absolute atomic E-state index is 0.212. The number of carbonyl (C=O) groups excluding carboxylic acids is 1. The fraction of sp³-hybridized carbons (Fsp3) is 0.160. The average Bonchev–Trinajstić information content (AvgIpc) is 3.22. The number of carbonyl (C=O) groups is 1. The number of esters is 1. The number of rotatable bonds is 8. The lowest BCUT2D eigenvalue weighted by Gasteiger charge is -2.12. The van der Waals surface area contributed by atoms with E-state index in [1.807, 2.05) is 12.1 Å². The summed E-state index contributed by atoms with van der Waals surface area (Å²) in [7, 11) is 1.59. The Morgan fingerprint density at radius 3 is 2.36 bits per heavy atom. The Balaban J connectivity index is 1.66. The Morgan fingerprint density at radius 2 is 1.73 bits per heavy atom. The third kappa shape index (κ3) is 4.83. The van der Waals surface area contributed by atoms with Gasteiger partial charge in [0.15, 0.2) is 5.69 Å². The molecule has 4 aromatic rings. The molecule has 0 spiro atoms. The Bertz CT molecular complexity index is 1240. The maximum Gasteiger partial charge on any atom is 0.342 e. The number of methoxy groups -OCH3 is 1. The van der Waals surface area contributed by atoms with Crippen LogP contribution >= 0.6 is 0 Å². The molecule has 4 rings (SSSR count). The second-order valence-corrected chi connectivity index (χ2v) is 7.20. The van der Waals surface area contributed by atoms with Crippen LogP contribution in [0.2, 0.25) is 0 Å². The normalized spacial score (nSPS) is 11.9. The summed E-state index contributed by atoms with van der Waals surface area (Å²) < 4.78 is 22.4. The standard InChI is InChI=1S/C25H23NO7/c1-3-31-25(27)23-21-14-20(32-15-16-4-8-18(9-5-16)26(28)29)12-13-22(21)33-24(23)17-6-10-19(30-2)11-7-17/h4-14,26,28H,3,15H2,1-2H3. The highest BCUT2D eigenvalue weighted by molar-refractivity contribution is 6.09. The Kier molecular flexibility index (Phi) is 6.60. The minimum atomic E-state index is -0.980. The van der Waals surface area contributed by atoms with Crippen molar-refractivity contribution in [3.63, 3.8) is 0 Å². The molecule has 1 atom stereocenters. The first kappa shape index (κ1) is 22.3. The van der Waals surface area contributed by atoms with E-state index in [1.54, 1.807) is 56.5 Å². The second-order valence-electron chi connectivity index (χ2n) is 7.20. The molecule has 8 nitrogen and oxygen atoms in total. The van der Waals surface area contributed by atoms with Crippen molar-refractivity contribution in [3.8, 4) is 22.8 Å². The zero-order chi connectivity index (χ0) is 23.4. The number of hydrogen-bond donors (Lipinski definition) is 2. The fourth-order valence-corrected chi connectivity index (χ4v) is 3.43. The quantitative estimate of drug-likeness (QED) is 0.306. The van der Waals surface area contributed by atoms with Gasteiger partial charge in [-0.3, -0.25) is 0 Å². The van der Waals surface area contributed by atoms with Crippen LogP contribution in [-0.4, -0.2) is 24.9 Å². The summed E-state index contributed by atoms with van der Waals surface area (Å²) in [4.78, 5) is 12.8. The molecular weight excluding hydrogens is 426 g/mol. The summed E-state index contributed by atoms with van der Waals surface area (Å²) in [5, 5.41) is 19.6. The molecule has 0 saturated heterocycles. The average molecular weight is 449 g/mol. The number of nitrogens with one attached hydrogen (secondary N) is 1. The van der Waals surface area contributed by atoms with Crippen LogP contribution in [0.5, 0.6) is 11.5 Å². The number of fused-ring (bicyclic) bond motifs is 1. The van der Waals surface area contributed by atoms with Crippen molar-refractivity contribution in [2.75, 3.05) is 13.7 Å². The van der Waals surface area contributed by atoms with Crippen molar-refractivity contribution in [1.82, 2.24) is 0 Å². The van der Waals surface area contributed by atoms with Gasteiger partial charge in [0.1, 0.15) is 35.0 Å². The van der Waals surface area contributed by atoms with Crippen LogP contribution in [0.4, 0.5) is 5.69 Å². The van der Waals surface area contributed by atoms with Gasteiger partial charge in [-0.15, -0.1) is 0 Å². The zero-order valence-electron chi connectivity index (χ0n) is 18.2. The fourth-order valence-electron chi connectivity index (χ4n) is 3.43. The highest BCUT2D eigenvalue weighted by atomic mass is 16.8. The Labute approximate surface area is 190 Å². The van der Waals surface area contributed by atoms with Gasteiger partial charge in [-0.05, 0) is 67.1 Å². The summed E-state index contributed by atoms with van der Waals surface area (Å²) in [5.74, 6) is 1.16. The number of hydrogen-bond acceptors (Lipinski definition) is 7. The molecule has 3 aromatic carbocycles. The Morgan fingerprint density at radius 1 is 1.03 bits per heavy atom. The third-order valence-corrected chi connectivity index (χ3v) is 5.10. The third-order valence-electron chi connectivity index (χ3n) is 5.10. The predicted octanol–water partition coefficient (Wildman–Crippen LogP) is 4.27. The molecule has 0 aliphatic heterocycles. The van der Waals surface area contributed by atoms with E-state index in [-0.39, 0.29) is 18.9 Å². The first-order valence-electron chi connectivity index (χ1n) is 10.3. The molecule has 0 aliphatic rings. The summed E-state index contributed by atoms with van der Waals surface area (Å²) in [6.07, 6.45) is 0. The van der Waals surface area contributed by atoms with Gasteiger partial charge in [0.05, 0.1) is 13.7 Å². The topological polar surface area (TPSA) is 106 Å². The van der Waals surface area contributed by atoms with Gasteiger partial charge in [-0.2, -0.15) is 5.23 Å².